The number of aliphatic hydroxyl groups excluding tert-OH is 1. The molecule has 0 radical (unpaired) electrons. The Balaban J connectivity index is 3.96. The summed E-state index contributed by atoms with van der Waals surface area (Å²) in [5.41, 5.74) is 0.413. The minimum Gasteiger partial charge on any atom is -0.393 e. The average molecular weight is 331 g/mol. The van der Waals surface area contributed by atoms with Crippen molar-refractivity contribution in [2.24, 2.45) is 17.3 Å². The topological polar surface area (TPSA) is 66.8 Å². The lowest BCUT2D eigenvalue weighted by molar-refractivity contribution is -0.239. The Morgan fingerprint density at radius 3 is 2.09 bits per heavy atom. The summed E-state index contributed by atoms with van der Waals surface area (Å²) in [7, 11) is 0. The van der Waals surface area contributed by atoms with E-state index >= 15 is 0 Å². The van der Waals surface area contributed by atoms with E-state index in [0.29, 0.717) is 18.3 Å². The zero-order valence-electron chi connectivity index (χ0n) is 15.8. The van der Waals surface area contributed by atoms with Crippen molar-refractivity contribution in [2.45, 2.75) is 98.5 Å². The van der Waals surface area contributed by atoms with Crippen LogP contribution in [0.25, 0.3) is 0 Å². The highest BCUT2D eigenvalue weighted by Gasteiger charge is 2.23. The number of rotatable bonds is 12. The molecule has 4 nitrogen and oxygen atoms in total. The minimum atomic E-state index is -0.532. The minimum absolute atomic E-state index is 0.242. The molecule has 0 aliphatic heterocycles. The number of carbonyl (C=O) groups is 1. The van der Waals surface area contributed by atoms with Crippen molar-refractivity contribution < 1.29 is 20.0 Å². The molecule has 2 N–H and O–H groups in total. The van der Waals surface area contributed by atoms with Gasteiger partial charge in [0.05, 0.1) is 12.0 Å². The first-order chi connectivity index (χ1) is 10.7. The van der Waals surface area contributed by atoms with Gasteiger partial charge >= 0.3 is 5.97 Å². The fourth-order valence-corrected chi connectivity index (χ4v) is 3.15. The van der Waals surface area contributed by atoms with E-state index in [1.165, 1.54) is 25.7 Å². The SMILES string of the molecule is CC(O)CC(C)CC(CCCCCCCC(C)(C)C)C(=O)OO. The van der Waals surface area contributed by atoms with Crippen molar-refractivity contribution in [3.05, 3.63) is 0 Å². The Hall–Kier alpha value is -0.610. The second-order valence-corrected chi connectivity index (χ2v) is 8.40. The molecule has 23 heavy (non-hydrogen) atoms. The van der Waals surface area contributed by atoms with E-state index in [-0.39, 0.29) is 17.9 Å². The standard InChI is InChI=1S/C19H38O4/c1-15(13-16(2)20)14-17(18(21)23-22)11-9-7-6-8-10-12-19(3,4)5/h15-17,20,22H,6-14H2,1-5H3. The van der Waals surface area contributed by atoms with Crippen LogP contribution in [-0.2, 0) is 9.68 Å². The summed E-state index contributed by atoms with van der Waals surface area (Å²) in [5.74, 6) is -0.551. The highest BCUT2D eigenvalue weighted by atomic mass is 17.1. The largest absolute Gasteiger partial charge is 0.393 e. The molecule has 0 aromatic heterocycles. The summed E-state index contributed by atoms with van der Waals surface area (Å²) in [5, 5.41) is 18.1. The lowest BCUT2D eigenvalue weighted by atomic mass is 9.87. The summed E-state index contributed by atoms with van der Waals surface area (Å²) in [6.07, 6.45) is 8.77. The van der Waals surface area contributed by atoms with Crippen LogP contribution < -0.4 is 0 Å². The summed E-state index contributed by atoms with van der Waals surface area (Å²) in [4.78, 5) is 15.6. The highest BCUT2D eigenvalue weighted by Crippen LogP contribution is 2.25. The number of aliphatic hydroxyl groups is 1. The van der Waals surface area contributed by atoms with Crippen LogP contribution in [0.5, 0.6) is 0 Å². The first-order valence-electron chi connectivity index (χ1n) is 9.19. The molecule has 0 amide bonds. The van der Waals surface area contributed by atoms with Gasteiger partial charge in [0.1, 0.15) is 0 Å². The number of unbranched alkanes of at least 4 members (excludes halogenated alkanes) is 4. The van der Waals surface area contributed by atoms with Crippen LogP contribution in [0.2, 0.25) is 0 Å². The predicted octanol–water partition coefficient (Wildman–Crippen LogP) is 5.19. The molecule has 0 spiro atoms. The third-order valence-corrected chi connectivity index (χ3v) is 4.33. The van der Waals surface area contributed by atoms with E-state index in [1.807, 2.05) is 6.92 Å². The van der Waals surface area contributed by atoms with Gasteiger partial charge in [-0.25, -0.2) is 4.79 Å². The van der Waals surface area contributed by atoms with Gasteiger partial charge in [-0.05, 0) is 43.9 Å². The second-order valence-electron chi connectivity index (χ2n) is 8.40. The summed E-state index contributed by atoms with van der Waals surface area (Å²) >= 11 is 0. The lowest BCUT2D eigenvalue weighted by Gasteiger charge is -2.19. The van der Waals surface area contributed by atoms with Crippen LogP contribution in [0.3, 0.4) is 0 Å². The fraction of sp³-hybridized carbons (Fsp3) is 0.947. The van der Waals surface area contributed by atoms with E-state index in [2.05, 4.69) is 25.7 Å². The van der Waals surface area contributed by atoms with E-state index in [9.17, 15) is 9.90 Å². The zero-order valence-corrected chi connectivity index (χ0v) is 15.8. The first kappa shape index (κ1) is 22.4. The Bertz CT molecular complexity index is 307. The molecule has 3 atom stereocenters. The third-order valence-electron chi connectivity index (χ3n) is 4.33. The lowest BCUT2D eigenvalue weighted by Crippen LogP contribution is -2.20. The molecule has 0 saturated heterocycles. The number of carbonyl (C=O) groups excluding carboxylic acids is 1. The fourth-order valence-electron chi connectivity index (χ4n) is 3.15. The molecule has 0 aliphatic rings. The maximum atomic E-state index is 11.7. The van der Waals surface area contributed by atoms with E-state index < -0.39 is 5.97 Å². The van der Waals surface area contributed by atoms with E-state index in [0.717, 1.165) is 19.3 Å². The van der Waals surface area contributed by atoms with Gasteiger partial charge in [0.15, 0.2) is 0 Å². The van der Waals surface area contributed by atoms with Gasteiger partial charge in [-0.1, -0.05) is 59.8 Å². The molecule has 0 rings (SSSR count). The molecule has 4 heteroatoms. The van der Waals surface area contributed by atoms with Crippen molar-refractivity contribution in [3.63, 3.8) is 0 Å². The van der Waals surface area contributed by atoms with Crippen molar-refractivity contribution in [1.82, 2.24) is 0 Å². The van der Waals surface area contributed by atoms with Crippen LogP contribution in [0.15, 0.2) is 0 Å². The summed E-state index contributed by atoms with van der Waals surface area (Å²) in [6.45, 7) is 10.6. The van der Waals surface area contributed by atoms with Gasteiger partial charge in [0.2, 0.25) is 0 Å². The Labute approximate surface area is 142 Å². The zero-order chi connectivity index (χ0) is 17.9. The van der Waals surface area contributed by atoms with Crippen molar-refractivity contribution in [1.29, 1.82) is 0 Å². The molecule has 138 valence electrons. The monoisotopic (exact) mass is 330 g/mol. The molecule has 0 aromatic carbocycles. The highest BCUT2D eigenvalue weighted by molar-refractivity contribution is 5.71. The maximum absolute atomic E-state index is 11.7. The average Bonchev–Trinajstić information content (AvgIpc) is 2.42. The Morgan fingerprint density at radius 2 is 1.57 bits per heavy atom. The number of hydrogen-bond donors (Lipinski definition) is 2. The Kier molecular flexibility index (Phi) is 11.5. The second kappa shape index (κ2) is 11.9. The van der Waals surface area contributed by atoms with Crippen LogP contribution in [-0.4, -0.2) is 22.4 Å². The van der Waals surface area contributed by atoms with E-state index in [4.69, 9.17) is 5.26 Å². The van der Waals surface area contributed by atoms with Gasteiger partial charge in [-0.2, -0.15) is 5.26 Å². The molecule has 0 bridgehead atoms. The maximum Gasteiger partial charge on any atom is 0.345 e. The predicted molar refractivity (Wildman–Crippen MR) is 94.1 cm³/mol. The molecule has 0 fully saturated rings. The molecule has 3 unspecified atom stereocenters. The van der Waals surface area contributed by atoms with E-state index in [1.54, 1.807) is 6.92 Å². The summed E-state index contributed by atoms with van der Waals surface area (Å²) in [6, 6.07) is 0. The van der Waals surface area contributed by atoms with Gasteiger partial charge < -0.3 is 9.99 Å². The molecule has 0 aromatic rings. The van der Waals surface area contributed by atoms with Gasteiger partial charge in [0.25, 0.3) is 0 Å². The first-order valence-corrected chi connectivity index (χ1v) is 9.19. The van der Waals surface area contributed by atoms with Crippen molar-refractivity contribution in [2.75, 3.05) is 0 Å². The molecular formula is C19H38O4. The van der Waals surface area contributed by atoms with Crippen LogP contribution in [0.1, 0.15) is 92.4 Å². The van der Waals surface area contributed by atoms with Crippen LogP contribution in [0.4, 0.5) is 0 Å². The number of hydrogen-bond acceptors (Lipinski definition) is 4. The van der Waals surface area contributed by atoms with Gasteiger partial charge in [-0.3, -0.25) is 0 Å². The van der Waals surface area contributed by atoms with Crippen molar-refractivity contribution in [3.8, 4) is 0 Å². The molecular weight excluding hydrogens is 292 g/mol. The molecule has 0 saturated carbocycles. The quantitative estimate of drug-likeness (QED) is 0.293. The van der Waals surface area contributed by atoms with Crippen LogP contribution in [0, 0.1) is 17.3 Å². The van der Waals surface area contributed by atoms with Gasteiger partial charge in [-0.15, -0.1) is 0 Å². The normalized spacial score (nSPS) is 16.0. The van der Waals surface area contributed by atoms with Crippen LogP contribution >= 0.6 is 0 Å². The molecule has 0 heterocycles. The van der Waals surface area contributed by atoms with Gasteiger partial charge in [0, 0.05) is 0 Å². The Morgan fingerprint density at radius 1 is 1.00 bits per heavy atom. The third kappa shape index (κ3) is 13.5. The summed E-state index contributed by atoms with van der Waals surface area (Å²) < 4.78 is 0. The van der Waals surface area contributed by atoms with Crippen molar-refractivity contribution >= 4 is 5.97 Å². The smallest absolute Gasteiger partial charge is 0.345 e. The molecule has 0 aliphatic carbocycles.